The van der Waals surface area contributed by atoms with Gasteiger partial charge in [-0.15, -0.1) is 0 Å². The molecule has 2 heterocycles. The van der Waals surface area contributed by atoms with Gasteiger partial charge in [-0.2, -0.15) is 0 Å². The van der Waals surface area contributed by atoms with Crippen LogP contribution in [0.4, 0.5) is 5.69 Å². The number of hydrogen-bond acceptors (Lipinski definition) is 4. The van der Waals surface area contributed by atoms with Gasteiger partial charge in [0.15, 0.2) is 0 Å². The lowest BCUT2D eigenvalue weighted by molar-refractivity contribution is 0.0926. The van der Waals surface area contributed by atoms with Crippen molar-refractivity contribution in [3.8, 4) is 11.5 Å². The van der Waals surface area contributed by atoms with E-state index >= 15 is 0 Å². The third kappa shape index (κ3) is 2.83. The number of carbonyl (C=O) groups excluding carboxylic acids is 2. The fraction of sp³-hybridized carbons (Fsp3) is 0.0800. The Hall–Kier alpha value is -3.99. The van der Waals surface area contributed by atoms with E-state index in [0.29, 0.717) is 33.8 Å². The van der Waals surface area contributed by atoms with E-state index in [2.05, 4.69) is 4.98 Å². The summed E-state index contributed by atoms with van der Waals surface area (Å²) in [6.07, 6.45) is 1.65. The lowest BCUT2D eigenvalue weighted by atomic mass is 10.1. The molecule has 0 radical (unpaired) electrons. The van der Waals surface area contributed by atoms with Gasteiger partial charge in [0.2, 0.25) is 0 Å². The zero-order valence-corrected chi connectivity index (χ0v) is 16.5. The molecule has 0 atom stereocenters. The van der Waals surface area contributed by atoms with Crippen molar-refractivity contribution in [2.75, 3.05) is 4.90 Å². The first-order chi connectivity index (χ1) is 14.5. The minimum atomic E-state index is -0.376. The van der Waals surface area contributed by atoms with Crippen molar-refractivity contribution in [1.29, 1.82) is 0 Å². The summed E-state index contributed by atoms with van der Waals surface area (Å²) in [4.78, 5) is 31.8. The van der Waals surface area contributed by atoms with Crippen LogP contribution in [0.2, 0.25) is 0 Å². The molecule has 1 aromatic heterocycles. The molecule has 0 saturated heterocycles. The van der Waals surface area contributed by atoms with Gasteiger partial charge >= 0.3 is 0 Å². The molecule has 0 saturated carbocycles. The zero-order chi connectivity index (χ0) is 20.8. The van der Waals surface area contributed by atoms with Crippen LogP contribution in [0.15, 0.2) is 72.9 Å². The molecule has 1 aliphatic rings. The second kappa shape index (κ2) is 6.81. The van der Waals surface area contributed by atoms with Gasteiger partial charge in [-0.05, 0) is 67.4 Å². The minimum absolute atomic E-state index is 0.328. The van der Waals surface area contributed by atoms with Gasteiger partial charge in [-0.3, -0.25) is 14.6 Å². The number of carbonyl (C=O) groups is 2. The predicted octanol–water partition coefficient (Wildman–Crippen LogP) is 5.44. The van der Waals surface area contributed by atoms with Gasteiger partial charge < -0.3 is 4.74 Å². The van der Waals surface area contributed by atoms with Crippen LogP contribution in [-0.4, -0.2) is 16.8 Å². The first kappa shape index (κ1) is 18.1. The maximum atomic E-state index is 13.2. The quantitative estimate of drug-likeness (QED) is 0.434. The van der Waals surface area contributed by atoms with E-state index in [1.165, 1.54) is 10.5 Å². The van der Waals surface area contributed by atoms with E-state index in [1.807, 2.05) is 56.3 Å². The van der Waals surface area contributed by atoms with Crippen LogP contribution in [0, 0.1) is 13.8 Å². The van der Waals surface area contributed by atoms with Gasteiger partial charge in [-0.1, -0.05) is 24.3 Å². The summed E-state index contributed by atoms with van der Waals surface area (Å²) in [5, 5.41) is 0.866. The average Bonchev–Trinajstić information content (AvgIpc) is 3.00. The summed E-state index contributed by atoms with van der Waals surface area (Å²) in [5.74, 6) is 0.463. The first-order valence-electron chi connectivity index (χ1n) is 9.64. The van der Waals surface area contributed by atoms with Crippen LogP contribution in [-0.2, 0) is 0 Å². The number of ether oxygens (including phenoxy) is 1. The van der Waals surface area contributed by atoms with Gasteiger partial charge in [0.25, 0.3) is 11.8 Å². The Labute approximate surface area is 173 Å². The van der Waals surface area contributed by atoms with Crippen molar-refractivity contribution < 1.29 is 14.3 Å². The Balaban J connectivity index is 1.53. The van der Waals surface area contributed by atoms with Crippen LogP contribution < -0.4 is 9.64 Å². The molecule has 5 nitrogen and oxygen atoms in total. The highest BCUT2D eigenvalue weighted by Crippen LogP contribution is 2.35. The van der Waals surface area contributed by atoms with Crippen molar-refractivity contribution >= 4 is 28.4 Å². The highest BCUT2D eigenvalue weighted by atomic mass is 16.5. The number of benzene rings is 3. The number of para-hydroxylation sites is 1. The molecular formula is C25H18N2O3. The van der Waals surface area contributed by atoms with E-state index in [9.17, 15) is 9.59 Å². The fourth-order valence-electron chi connectivity index (χ4n) is 3.68. The molecule has 0 bridgehead atoms. The van der Waals surface area contributed by atoms with E-state index in [4.69, 9.17) is 4.74 Å². The van der Waals surface area contributed by atoms with Crippen LogP contribution in [0.25, 0.3) is 10.9 Å². The number of imide groups is 1. The Morgan fingerprint density at radius 1 is 0.767 bits per heavy atom. The van der Waals surface area contributed by atoms with Crippen molar-refractivity contribution in [2.24, 2.45) is 0 Å². The number of pyridine rings is 1. The number of amides is 2. The molecule has 5 rings (SSSR count). The van der Waals surface area contributed by atoms with Gasteiger partial charge in [0, 0.05) is 11.6 Å². The molecular weight excluding hydrogens is 376 g/mol. The van der Waals surface area contributed by atoms with Crippen LogP contribution >= 0.6 is 0 Å². The Morgan fingerprint density at radius 2 is 1.50 bits per heavy atom. The van der Waals surface area contributed by atoms with E-state index in [1.54, 1.807) is 30.5 Å². The molecule has 30 heavy (non-hydrogen) atoms. The number of anilines is 1. The largest absolute Gasteiger partial charge is 0.457 e. The van der Waals surface area contributed by atoms with Crippen LogP contribution in [0.1, 0.15) is 31.8 Å². The smallest absolute Gasteiger partial charge is 0.266 e. The Kier molecular flexibility index (Phi) is 4.10. The number of hydrogen-bond donors (Lipinski definition) is 0. The van der Waals surface area contributed by atoms with Crippen LogP contribution in [0.3, 0.4) is 0 Å². The normalized spacial score (nSPS) is 13.1. The Morgan fingerprint density at radius 3 is 2.33 bits per heavy atom. The van der Waals surface area contributed by atoms with Crippen molar-refractivity contribution in [3.63, 3.8) is 0 Å². The molecule has 5 heteroatoms. The summed E-state index contributed by atoms with van der Waals surface area (Å²) in [5.41, 5.74) is 4.08. The molecule has 0 N–H and O–H groups in total. The zero-order valence-electron chi connectivity index (χ0n) is 16.5. The van der Waals surface area contributed by atoms with Crippen molar-refractivity contribution in [1.82, 2.24) is 4.98 Å². The predicted molar refractivity (Wildman–Crippen MR) is 115 cm³/mol. The molecule has 1 aliphatic heterocycles. The van der Waals surface area contributed by atoms with Gasteiger partial charge in [0.1, 0.15) is 11.5 Å². The topological polar surface area (TPSA) is 59.5 Å². The molecule has 3 aromatic carbocycles. The van der Waals surface area contributed by atoms with Gasteiger partial charge in [0.05, 0.1) is 22.3 Å². The minimum Gasteiger partial charge on any atom is -0.457 e. The average molecular weight is 394 g/mol. The maximum absolute atomic E-state index is 13.2. The summed E-state index contributed by atoms with van der Waals surface area (Å²) >= 11 is 0. The SMILES string of the molecule is Cc1ccc(Oc2ccc3c(c2)C(=O)N(c2cccc4cccnc24)C3=O)cc1C. The number of nitrogens with zero attached hydrogens (tertiary/aromatic N) is 2. The molecule has 0 fully saturated rings. The molecule has 0 aliphatic carbocycles. The highest BCUT2D eigenvalue weighted by molar-refractivity contribution is 6.35. The second-order valence-corrected chi connectivity index (χ2v) is 7.35. The maximum Gasteiger partial charge on any atom is 0.266 e. The Bertz CT molecular complexity index is 1340. The van der Waals surface area contributed by atoms with Crippen LogP contribution in [0.5, 0.6) is 11.5 Å². The lowest BCUT2D eigenvalue weighted by Crippen LogP contribution is -2.29. The van der Waals surface area contributed by atoms with E-state index in [-0.39, 0.29) is 11.8 Å². The number of fused-ring (bicyclic) bond motifs is 2. The lowest BCUT2D eigenvalue weighted by Gasteiger charge is -2.15. The molecule has 0 unspecified atom stereocenters. The molecule has 0 spiro atoms. The highest BCUT2D eigenvalue weighted by Gasteiger charge is 2.38. The summed E-state index contributed by atoms with van der Waals surface area (Å²) < 4.78 is 5.94. The molecule has 2 amide bonds. The third-order valence-electron chi connectivity index (χ3n) is 5.42. The van der Waals surface area contributed by atoms with Gasteiger partial charge in [-0.25, -0.2) is 4.90 Å². The summed E-state index contributed by atoms with van der Waals surface area (Å²) in [6.45, 7) is 4.05. The number of rotatable bonds is 3. The molecule has 4 aromatic rings. The van der Waals surface area contributed by atoms with Crippen molar-refractivity contribution in [3.05, 3.63) is 95.2 Å². The summed E-state index contributed by atoms with van der Waals surface area (Å²) in [6, 6.07) is 20.0. The number of aryl methyl sites for hydroxylation is 2. The first-order valence-corrected chi connectivity index (χ1v) is 9.64. The summed E-state index contributed by atoms with van der Waals surface area (Å²) in [7, 11) is 0. The van der Waals surface area contributed by atoms with Crippen molar-refractivity contribution in [2.45, 2.75) is 13.8 Å². The third-order valence-corrected chi connectivity index (χ3v) is 5.42. The second-order valence-electron chi connectivity index (χ2n) is 7.35. The fourth-order valence-corrected chi connectivity index (χ4v) is 3.68. The standard InChI is InChI=1S/C25H18N2O3/c1-15-8-9-18(13-16(15)2)30-19-10-11-20-21(14-19)25(29)27(24(20)28)22-7-3-5-17-6-4-12-26-23(17)22/h3-14H,1-2H3. The number of aromatic nitrogens is 1. The molecule has 146 valence electrons. The van der Waals surface area contributed by atoms with E-state index in [0.717, 1.165) is 10.9 Å². The monoisotopic (exact) mass is 394 g/mol. The van der Waals surface area contributed by atoms with E-state index < -0.39 is 0 Å².